The summed E-state index contributed by atoms with van der Waals surface area (Å²) in [5.74, 6) is 0.917. The number of furan rings is 1. The predicted molar refractivity (Wildman–Crippen MR) is 58.3 cm³/mol. The first-order chi connectivity index (χ1) is 7.16. The average molecular weight is 221 g/mol. The van der Waals surface area contributed by atoms with Crippen LogP contribution < -0.4 is 0 Å². The molecule has 3 heteroatoms. The van der Waals surface area contributed by atoms with Crippen LogP contribution in [0.15, 0.2) is 40.8 Å². The van der Waals surface area contributed by atoms with Crippen LogP contribution in [-0.2, 0) is 0 Å². The molecule has 76 valence electrons. The van der Waals surface area contributed by atoms with E-state index in [0.717, 1.165) is 5.76 Å². The maximum atomic E-state index is 11.9. The van der Waals surface area contributed by atoms with Crippen molar-refractivity contribution in [1.82, 2.24) is 0 Å². The summed E-state index contributed by atoms with van der Waals surface area (Å²) in [6.45, 7) is 1.80. The molecule has 1 aromatic heterocycles. The molecule has 0 aliphatic heterocycles. The standard InChI is InChI=1S/C12H9ClO2/c1-8-5-6-11(15-8)12(14)9-3-2-4-10(13)7-9/h2-7H,1H3. The minimum absolute atomic E-state index is 0.148. The van der Waals surface area contributed by atoms with Crippen molar-refractivity contribution in [3.05, 3.63) is 58.5 Å². The summed E-state index contributed by atoms with van der Waals surface area (Å²) in [6.07, 6.45) is 0. The number of aryl methyl sites for hydroxylation is 1. The van der Waals surface area contributed by atoms with Crippen LogP contribution >= 0.6 is 11.6 Å². The number of halogens is 1. The second-order valence-corrected chi connectivity index (χ2v) is 3.69. The summed E-state index contributed by atoms with van der Waals surface area (Å²) in [5, 5.41) is 0.545. The Balaban J connectivity index is 2.36. The minimum atomic E-state index is -0.148. The van der Waals surface area contributed by atoms with E-state index >= 15 is 0 Å². The molecule has 2 nitrogen and oxygen atoms in total. The maximum Gasteiger partial charge on any atom is 0.228 e. The summed E-state index contributed by atoms with van der Waals surface area (Å²) in [5.41, 5.74) is 0.539. The Hall–Kier alpha value is -1.54. The SMILES string of the molecule is Cc1ccc(C(=O)c2cccc(Cl)c2)o1. The van der Waals surface area contributed by atoms with E-state index in [2.05, 4.69) is 0 Å². The highest BCUT2D eigenvalue weighted by Gasteiger charge is 2.12. The lowest BCUT2D eigenvalue weighted by molar-refractivity contribution is 0.101. The normalized spacial score (nSPS) is 10.3. The van der Waals surface area contributed by atoms with Gasteiger partial charge in [0.2, 0.25) is 5.78 Å². The highest BCUT2D eigenvalue weighted by atomic mass is 35.5. The van der Waals surface area contributed by atoms with Gasteiger partial charge in [-0.05, 0) is 31.2 Å². The smallest absolute Gasteiger partial charge is 0.228 e. The molecule has 2 aromatic rings. The summed E-state index contributed by atoms with van der Waals surface area (Å²) < 4.78 is 5.25. The Morgan fingerprint density at radius 1 is 1.27 bits per heavy atom. The number of hydrogen-bond acceptors (Lipinski definition) is 2. The van der Waals surface area contributed by atoms with Gasteiger partial charge in [-0.2, -0.15) is 0 Å². The van der Waals surface area contributed by atoms with Gasteiger partial charge in [0.15, 0.2) is 5.76 Å². The third-order valence-electron chi connectivity index (χ3n) is 2.05. The number of ketones is 1. The summed E-state index contributed by atoms with van der Waals surface area (Å²) in [6, 6.07) is 10.2. The van der Waals surface area contributed by atoms with E-state index in [9.17, 15) is 4.79 Å². The van der Waals surface area contributed by atoms with Crippen molar-refractivity contribution < 1.29 is 9.21 Å². The lowest BCUT2D eigenvalue weighted by Crippen LogP contribution is -1.98. The molecule has 0 radical (unpaired) electrons. The van der Waals surface area contributed by atoms with Crippen molar-refractivity contribution in [1.29, 1.82) is 0 Å². The van der Waals surface area contributed by atoms with E-state index in [0.29, 0.717) is 16.3 Å². The Morgan fingerprint density at radius 2 is 2.07 bits per heavy atom. The van der Waals surface area contributed by atoms with Gasteiger partial charge in [-0.3, -0.25) is 4.79 Å². The molecule has 1 heterocycles. The number of hydrogen-bond donors (Lipinski definition) is 0. The topological polar surface area (TPSA) is 30.2 Å². The lowest BCUT2D eigenvalue weighted by Gasteiger charge is -1.97. The number of carbonyl (C=O) groups excluding carboxylic acids is 1. The van der Waals surface area contributed by atoms with Crippen molar-refractivity contribution >= 4 is 17.4 Å². The van der Waals surface area contributed by atoms with Crippen LogP contribution in [0.2, 0.25) is 5.02 Å². The molecule has 15 heavy (non-hydrogen) atoms. The second kappa shape index (κ2) is 3.91. The first-order valence-corrected chi connectivity index (χ1v) is 4.91. The van der Waals surface area contributed by atoms with E-state index in [4.69, 9.17) is 16.0 Å². The number of carbonyl (C=O) groups is 1. The van der Waals surface area contributed by atoms with Crippen molar-refractivity contribution in [2.24, 2.45) is 0 Å². The van der Waals surface area contributed by atoms with Gasteiger partial charge in [0.1, 0.15) is 5.76 Å². The van der Waals surface area contributed by atoms with Crippen LogP contribution in [0.4, 0.5) is 0 Å². The molecule has 0 N–H and O–H groups in total. The maximum absolute atomic E-state index is 11.9. The molecule has 0 bridgehead atoms. The van der Waals surface area contributed by atoms with Crippen LogP contribution in [0.3, 0.4) is 0 Å². The Bertz CT molecular complexity index is 500. The van der Waals surface area contributed by atoms with E-state index in [1.54, 1.807) is 43.3 Å². The molecule has 0 saturated carbocycles. The van der Waals surface area contributed by atoms with Crippen molar-refractivity contribution in [2.75, 3.05) is 0 Å². The molecular formula is C12H9ClO2. The summed E-state index contributed by atoms with van der Waals surface area (Å²) in [4.78, 5) is 11.9. The fraction of sp³-hybridized carbons (Fsp3) is 0.0833. The van der Waals surface area contributed by atoms with Gasteiger partial charge in [0.25, 0.3) is 0 Å². The highest BCUT2D eigenvalue weighted by molar-refractivity contribution is 6.31. The van der Waals surface area contributed by atoms with Crippen LogP contribution in [0, 0.1) is 6.92 Å². The molecule has 0 saturated heterocycles. The molecule has 0 atom stereocenters. The summed E-state index contributed by atoms with van der Waals surface area (Å²) >= 11 is 5.80. The number of rotatable bonds is 2. The first-order valence-electron chi connectivity index (χ1n) is 4.53. The van der Waals surface area contributed by atoms with E-state index in [-0.39, 0.29) is 5.78 Å². The van der Waals surface area contributed by atoms with Gasteiger partial charge in [0.05, 0.1) is 0 Å². The van der Waals surface area contributed by atoms with E-state index < -0.39 is 0 Å². The Kier molecular flexibility index (Phi) is 2.60. The molecule has 1 aromatic carbocycles. The average Bonchev–Trinajstić information content (AvgIpc) is 2.64. The number of benzene rings is 1. The van der Waals surface area contributed by atoms with Gasteiger partial charge in [-0.15, -0.1) is 0 Å². The van der Waals surface area contributed by atoms with Crippen molar-refractivity contribution in [3.63, 3.8) is 0 Å². The first kappa shape index (κ1) is 9.99. The summed E-state index contributed by atoms with van der Waals surface area (Å²) in [7, 11) is 0. The predicted octanol–water partition coefficient (Wildman–Crippen LogP) is 3.47. The minimum Gasteiger partial charge on any atom is -0.458 e. The van der Waals surface area contributed by atoms with E-state index in [1.807, 2.05) is 0 Å². The molecule has 2 rings (SSSR count). The molecule has 0 aliphatic rings. The molecule has 0 amide bonds. The van der Waals surface area contributed by atoms with Crippen LogP contribution in [0.1, 0.15) is 21.9 Å². The second-order valence-electron chi connectivity index (χ2n) is 3.25. The third-order valence-corrected chi connectivity index (χ3v) is 2.29. The van der Waals surface area contributed by atoms with Gasteiger partial charge in [-0.1, -0.05) is 23.7 Å². The zero-order valence-electron chi connectivity index (χ0n) is 8.16. The van der Waals surface area contributed by atoms with Crippen molar-refractivity contribution in [2.45, 2.75) is 6.92 Å². The van der Waals surface area contributed by atoms with Crippen LogP contribution in [0.5, 0.6) is 0 Å². The van der Waals surface area contributed by atoms with Gasteiger partial charge in [-0.25, -0.2) is 0 Å². The third kappa shape index (κ3) is 2.10. The molecule has 0 spiro atoms. The Labute approximate surface area is 92.5 Å². The fourth-order valence-electron chi connectivity index (χ4n) is 1.33. The lowest BCUT2D eigenvalue weighted by atomic mass is 10.1. The molecule has 0 aliphatic carbocycles. The quantitative estimate of drug-likeness (QED) is 0.726. The largest absolute Gasteiger partial charge is 0.458 e. The zero-order chi connectivity index (χ0) is 10.8. The molecule has 0 unspecified atom stereocenters. The van der Waals surface area contributed by atoms with Crippen molar-refractivity contribution in [3.8, 4) is 0 Å². The van der Waals surface area contributed by atoms with Crippen LogP contribution in [-0.4, -0.2) is 5.78 Å². The molecular weight excluding hydrogens is 212 g/mol. The Morgan fingerprint density at radius 3 is 2.67 bits per heavy atom. The highest BCUT2D eigenvalue weighted by Crippen LogP contribution is 2.16. The van der Waals surface area contributed by atoms with Gasteiger partial charge in [0, 0.05) is 10.6 Å². The molecule has 0 fully saturated rings. The van der Waals surface area contributed by atoms with Gasteiger partial charge < -0.3 is 4.42 Å². The van der Waals surface area contributed by atoms with E-state index in [1.165, 1.54) is 0 Å². The zero-order valence-corrected chi connectivity index (χ0v) is 8.91. The fourth-order valence-corrected chi connectivity index (χ4v) is 1.52. The van der Waals surface area contributed by atoms with Crippen LogP contribution in [0.25, 0.3) is 0 Å². The van der Waals surface area contributed by atoms with Gasteiger partial charge >= 0.3 is 0 Å². The monoisotopic (exact) mass is 220 g/mol.